The zero-order chi connectivity index (χ0) is 14.4. The molecule has 20 heavy (non-hydrogen) atoms. The molecule has 0 bridgehead atoms. The van der Waals surface area contributed by atoms with Crippen molar-refractivity contribution >= 4 is 17.6 Å². The summed E-state index contributed by atoms with van der Waals surface area (Å²) in [6, 6.07) is 4.63. The number of rotatable bonds is 5. The zero-order valence-corrected chi connectivity index (χ0v) is 12.1. The molecule has 0 saturated carbocycles. The van der Waals surface area contributed by atoms with Crippen LogP contribution in [0.1, 0.15) is 24.0 Å². The highest BCUT2D eigenvalue weighted by atomic mass is 32.2. The summed E-state index contributed by atoms with van der Waals surface area (Å²) in [5.41, 5.74) is 6.42. The lowest BCUT2D eigenvalue weighted by Gasteiger charge is -2.21. The van der Waals surface area contributed by atoms with Crippen LogP contribution >= 0.6 is 11.8 Å². The Kier molecular flexibility index (Phi) is 5.67. The average molecular weight is 297 g/mol. The van der Waals surface area contributed by atoms with Crippen molar-refractivity contribution in [3.63, 3.8) is 0 Å². The van der Waals surface area contributed by atoms with E-state index >= 15 is 0 Å². The molecule has 0 unspecified atom stereocenters. The molecule has 0 spiro atoms. The fourth-order valence-corrected chi connectivity index (χ4v) is 3.47. The standard InChI is InChI=1S/C14H20FN3OS/c15-13-7-11(14(16)18-19)1-2-12(13)9-17-8-10-3-5-20-6-4-10/h1-2,7,10,17,19H,3-6,8-9H2,(H2,16,18). The molecular weight excluding hydrogens is 277 g/mol. The number of thioether (sulfide) groups is 1. The summed E-state index contributed by atoms with van der Waals surface area (Å²) in [5, 5.41) is 14.7. The summed E-state index contributed by atoms with van der Waals surface area (Å²) in [6.45, 7) is 1.44. The molecule has 0 amide bonds. The molecule has 1 aromatic rings. The van der Waals surface area contributed by atoms with Crippen LogP contribution < -0.4 is 11.1 Å². The molecule has 1 aromatic carbocycles. The Morgan fingerprint density at radius 2 is 2.20 bits per heavy atom. The van der Waals surface area contributed by atoms with Crippen LogP contribution in [0.25, 0.3) is 0 Å². The fraction of sp³-hybridized carbons (Fsp3) is 0.500. The lowest BCUT2D eigenvalue weighted by molar-refractivity contribution is 0.318. The molecule has 4 N–H and O–H groups in total. The molecule has 1 heterocycles. The van der Waals surface area contributed by atoms with Crippen LogP contribution in [0.4, 0.5) is 4.39 Å². The Morgan fingerprint density at radius 3 is 2.85 bits per heavy atom. The van der Waals surface area contributed by atoms with Gasteiger partial charge in [-0.2, -0.15) is 11.8 Å². The van der Waals surface area contributed by atoms with E-state index in [-0.39, 0.29) is 11.7 Å². The highest BCUT2D eigenvalue weighted by Crippen LogP contribution is 2.22. The molecule has 110 valence electrons. The minimum atomic E-state index is -0.333. The van der Waals surface area contributed by atoms with E-state index in [0.717, 1.165) is 6.54 Å². The highest BCUT2D eigenvalue weighted by Gasteiger charge is 2.13. The first-order valence-corrected chi connectivity index (χ1v) is 7.91. The summed E-state index contributed by atoms with van der Waals surface area (Å²) in [5.74, 6) is 2.75. The van der Waals surface area contributed by atoms with Crippen molar-refractivity contribution in [2.45, 2.75) is 19.4 Å². The monoisotopic (exact) mass is 297 g/mol. The lowest BCUT2D eigenvalue weighted by Crippen LogP contribution is -2.25. The quantitative estimate of drug-likeness (QED) is 0.337. The van der Waals surface area contributed by atoms with Crippen LogP contribution in [0.5, 0.6) is 0 Å². The Hall–Kier alpha value is -1.27. The van der Waals surface area contributed by atoms with Crippen molar-refractivity contribution in [1.82, 2.24) is 5.32 Å². The summed E-state index contributed by atoms with van der Waals surface area (Å²) < 4.78 is 13.9. The number of hydrogen-bond acceptors (Lipinski definition) is 4. The van der Waals surface area contributed by atoms with Gasteiger partial charge in [-0.1, -0.05) is 17.3 Å². The van der Waals surface area contributed by atoms with Gasteiger partial charge in [0.05, 0.1) is 0 Å². The second kappa shape index (κ2) is 7.50. The van der Waals surface area contributed by atoms with Gasteiger partial charge in [-0.15, -0.1) is 0 Å². The third-order valence-electron chi connectivity index (χ3n) is 3.55. The van der Waals surface area contributed by atoms with E-state index in [2.05, 4.69) is 10.5 Å². The summed E-state index contributed by atoms with van der Waals surface area (Å²) in [6.07, 6.45) is 2.48. The number of nitrogens with zero attached hydrogens (tertiary/aromatic N) is 1. The van der Waals surface area contributed by atoms with Crippen LogP contribution in [-0.2, 0) is 6.54 Å². The molecular formula is C14H20FN3OS. The normalized spacial score (nSPS) is 17.4. The van der Waals surface area contributed by atoms with Crippen LogP contribution in [0.15, 0.2) is 23.4 Å². The van der Waals surface area contributed by atoms with Gasteiger partial charge in [0.1, 0.15) is 5.82 Å². The van der Waals surface area contributed by atoms with E-state index < -0.39 is 0 Å². The molecule has 0 aromatic heterocycles. The zero-order valence-electron chi connectivity index (χ0n) is 11.3. The van der Waals surface area contributed by atoms with Gasteiger partial charge in [-0.25, -0.2) is 4.39 Å². The van der Waals surface area contributed by atoms with E-state index in [1.807, 2.05) is 11.8 Å². The molecule has 1 aliphatic heterocycles. The number of oxime groups is 1. The van der Waals surface area contributed by atoms with Gasteiger partial charge in [-0.3, -0.25) is 0 Å². The third-order valence-corrected chi connectivity index (χ3v) is 4.59. The van der Waals surface area contributed by atoms with Gasteiger partial charge in [0, 0.05) is 17.7 Å². The Bertz CT molecular complexity index is 475. The third kappa shape index (κ3) is 4.11. The predicted molar refractivity (Wildman–Crippen MR) is 80.7 cm³/mol. The maximum atomic E-state index is 13.9. The Labute approximate surface area is 122 Å². The Balaban J connectivity index is 1.86. The average Bonchev–Trinajstić information content (AvgIpc) is 2.49. The van der Waals surface area contributed by atoms with Gasteiger partial charge in [0.25, 0.3) is 0 Å². The number of benzene rings is 1. The molecule has 0 aliphatic carbocycles. The first kappa shape index (κ1) is 15.1. The van der Waals surface area contributed by atoms with Gasteiger partial charge >= 0.3 is 0 Å². The van der Waals surface area contributed by atoms with E-state index in [4.69, 9.17) is 10.9 Å². The van der Waals surface area contributed by atoms with Gasteiger partial charge < -0.3 is 16.3 Å². The molecule has 0 radical (unpaired) electrons. The number of nitrogens with two attached hydrogens (primary N) is 1. The second-order valence-electron chi connectivity index (χ2n) is 4.98. The van der Waals surface area contributed by atoms with Gasteiger partial charge in [0.2, 0.25) is 0 Å². The van der Waals surface area contributed by atoms with E-state index in [1.54, 1.807) is 12.1 Å². The molecule has 1 fully saturated rings. The second-order valence-corrected chi connectivity index (χ2v) is 6.20. The summed E-state index contributed by atoms with van der Waals surface area (Å²) in [4.78, 5) is 0. The van der Waals surface area contributed by atoms with E-state index in [9.17, 15) is 4.39 Å². The first-order valence-electron chi connectivity index (χ1n) is 6.75. The minimum Gasteiger partial charge on any atom is -0.409 e. The smallest absolute Gasteiger partial charge is 0.170 e. The first-order chi connectivity index (χ1) is 9.70. The molecule has 0 atom stereocenters. The number of hydrogen-bond donors (Lipinski definition) is 3. The summed E-state index contributed by atoms with van der Waals surface area (Å²) in [7, 11) is 0. The van der Waals surface area contributed by atoms with E-state index in [1.165, 1.54) is 30.4 Å². The van der Waals surface area contributed by atoms with Crippen LogP contribution in [-0.4, -0.2) is 29.1 Å². The number of amidine groups is 1. The topological polar surface area (TPSA) is 70.6 Å². The molecule has 1 saturated heterocycles. The number of halogens is 1. The fourth-order valence-electron chi connectivity index (χ4n) is 2.27. The minimum absolute atomic E-state index is 0.0804. The SMILES string of the molecule is N/C(=N/O)c1ccc(CNCC2CCSCC2)c(F)c1. The number of nitrogens with one attached hydrogen (secondary N) is 1. The van der Waals surface area contributed by atoms with Crippen molar-refractivity contribution in [2.24, 2.45) is 16.8 Å². The van der Waals surface area contributed by atoms with Gasteiger partial charge in [0.15, 0.2) is 5.84 Å². The molecule has 1 aliphatic rings. The van der Waals surface area contributed by atoms with Crippen molar-refractivity contribution in [3.8, 4) is 0 Å². The maximum Gasteiger partial charge on any atom is 0.170 e. The van der Waals surface area contributed by atoms with Crippen LogP contribution in [0.3, 0.4) is 0 Å². The maximum absolute atomic E-state index is 13.9. The van der Waals surface area contributed by atoms with Crippen LogP contribution in [0, 0.1) is 11.7 Å². The molecule has 6 heteroatoms. The van der Waals surface area contributed by atoms with Crippen molar-refractivity contribution in [1.29, 1.82) is 0 Å². The molecule has 2 rings (SSSR count). The van der Waals surface area contributed by atoms with Crippen molar-refractivity contribution in [3.05, 3.63) is 35.1 Å². The predicted octanol–water partition coefficient (Wildman–Crippen LogP) is 2.15. The summed E-state index contributed by atoms with van der Waals surface area (Å²) >= 11 is 2.01. The van der Waals surface area contributed by atoms with Crippen molar-refractivity contribution < 1.29 is 9.60 Å². The largest absolute Gasteiger partial charge is 0.409 e. The lowest BCUT2D eigenvalue weighted by atomic mass is 10.0. The van der Waals surface area contributed by atoms with Crippen LogP contribution in [0.2, 0.25) is 0 Å². The van der Waals surface area contributed by atoms with Crippen molar-refractivity contribution in [2.75, 3.05) is 18.1 Å². The Morgan fingerprint density at radius 1 is 1.45 bits per heavy atom. The van der Waals surface area contributed by atoms with E-state index in [0.29, 0.717) is 23.6 Å². The van der Waals surface area contributed by atoms with Gasteiger partial charge in [-0.05, 0) is 42.9 Å². The highest BCUT2D eigenvalue weighted by molar-refractivity contribution is 7.99. The molecule has 4 nitrogen and oxygen atoms in total.